The quantitative estimate of drug-likeness (QED) is 0.511. The van der Waals surface area contributed by atoms with Gasteiger partial charge in [-0.3, -0.25) is 0 Å². The van der Waals surface area contributed by atoms with E-state index in [1.54, 1.807) is 0 Å². The Bertz CT molecular complexity index is 319. The second kappa shape index (κ2) is 10.4. The van der Waals surface area contributed by atoms with E-state index in [0.717, 1.165) is 12.8 Å². The first-order valence-electron chi connectivity index (χ1n) is 7.58. The lowest BCUT2D eigenvalue weighted by Crippen LogP contribution is -2.48. The number of carboxylic acid groups (broad SMARTS) is 1. The van der Waals surface area contributed by atoms with Crippen LogP contribution in [0.25, 0.3) is 0 Å². The summed E-state index contributed by atoms with van der Waals surface area (Å²) >= 11 is 0. The number of hydrogen-bond acceptors (Lipinski definition) is 3. The van der Waals surface area contributed by atoms with Crippen molar-refractivity contribution < 1.29 is 19.4 Å². The smallest absolute Gasteiger partial charge is 0.326 e. The number of nitrogens with one attached hydrogen (secondary N) is 2. The standard InChI is InChI=1S/C15H30N2O4/c1-5-6-7-9-15(2,3)11-16-14(20)17-12(13(18)19)8-10-21-4/h12H,5-11H2,1-4H3,(H,18,19)(H2,16,17,20). The number of carboxylic acids is 1. The fourth-order valence-corrected chi connectivity index (χ4v) is 1.96. The number of aliphatic carboxylic acids is 1. The minimum Gasteiger partial charge on any atom is -0.480 e. The van der Waals surface area contributed by atoms with Crippen molar-refractivity contribution in [3.05, 3.63) is 0 Å². The molecule has 0 aromatic rings. The van der Waals surface area contributed by atoms with E-state index in [1.807, 2.05) is 0 Å². The lowest BCUT2D eigenvalue weighted by atomic mass is 9.87. The maximum atomic E-state index is 11.8. The highest BCUT2D eigenvalue weighted by molar-refractivity contribution is 5.82. The summed E-state index contributed by atoms with van der Waals surface area (Å²) in [5.41, 5.74) is 0.0117. The molecule has 0 rings (SSSR count). The van der Waals surface area contributed by atoms with Gasteiger partial charge in [-0.1, -0.05) is 40.0 Å². The average Bonchev–Trinajstić information content (AvgIpc) is 2.41. The molecule has 0 radical (unpaired) electrons. The summed E-state index contributed by atoms with van der Waals surface area (Å²) in [4.78, 5) is 22.8. The molecule has 0 saturated heterocycles. The van der Waals surface area contributed by atoms with E-state index in [-0.39, 0.29) is 11.8 Å². The maximum absolute atomic E-state index is 11.8. The van der Waals surface area contributed by atoms with Crippen molar-refractivity contribution in [1.82, 2.24) is 10.6 Å². The van der Waals surface area contributed by atoms with Crippen LogP contribution in [0, 0.1) is 5.41 Å². The number of urea groups is 1. The van der Waals surface area contributed by atoms with Crippen molar-refractivity contribution >= 4 is 12.0 Å². The van der Waals surface area contributed by atoms with Crippen LogP contribution in [-0.4, -0.2) is 43.4 Å². The Hall–Kier alpha value is -1.30. The summed E-state index contributed by atoms with van der Waals surface area (Å²) in [6.07, 6.45) is 4.78. The number of carbonyl (C=O) groups excluding carboxylic acids is 1. The van der Waals surface area contributed by atoms with Crippen LogP contribution in [-0.2, 0) is 9.53 Å². The Morgan fingerprint density at radius 3 is 2.48 bits per heavy atom. The number of ether oxygens (including phenoxy) is 1. The molecule has 0 aliphatic rings. The molecule has 21 heavy (non-hydrogen) atoms. The molecular formula is C15H30N2O4. The zero-order valence-corrected chi connectivity index (χ0v) is 13.7. The summed E-state index contributed by atoms with van der Waals surface area (Å²) in [6, 6.07) is -1.37. The Morgan fingerprint density at radius 2 is 1.95 bits per heavy atom. The van der Waals surface area contributed by atoms with Gasteiger partial charge in [0.25, 0.3) is 0 Å². The van der Waals surface area contributed by atoms with Crippen molar-refractivity contribution in [2.24, 2.45) is 5.41 Å². The number of unbranched alkanes of at least 4 members (excludes halogenated alkanes) is 2. The highest BCUT2D eigenvalue weighted by Gasteiger charge is 2.22. The maximum Gasteiger partial charge on any atom is 0.326 e. The third-order valence-electron chi connectivity index (χ3n) is 3.40. The van der Waals surface area contributed by atoms with Crippen LogP contribution in [0.2, 0.25) is 0 Å². The highest BCUT2D eigenvalue weighted by Crippen LogP contribution is 2.22. The van der Waals surface area contributed by atoms with E-state index >= 15 is 0 Å². The number of rotatable bonds is 11. The van der Waals surface area contributed by atoms with Crippen molar-refractivity contribution in [1.29, 1.82) is 0 Å². The number of carbonyl (C=O) groups is 2. The van der Waals surface area contributed by atoms with E-state index in [4.69, 9.17) is 9.84 Å². The van der Waals surface area contributed by atoms with Crippen LogP contribution in [0.3, 0.4) is 0 Å². The third kappa shape index (κ3) is 10.1. The monoisotopic (exact) mass is 302 g/mol. The van der Waals surface area contributed by atoms with Crippen molar-refractivity contribution in [3.63, 3.8) is 0 Å². The molecule has 1 atom stereocenters. The lowest BCUT2D eigenvalue weighted by Gasteiger charge is -2.25. The molecule has 6 heteroatoms. The lowest BCUT2D eigenvalue weighted by molar-refractivity contribution is -0.139. The Morgan fingerprint density at radius 1 is 1.29 bits per heavy atom. The largest absolute Gasteiger partial charge is 0.480 e. The molecule has 0 saturated carbocycles. The number of amides is 2. The molecule has 0 aliphatic carbocycles. The minimum absolute atomic E-state index is 0.0117. The van der Waals surface area contributed by atoms with Crippen LogP contribution in [0.15, 0.2) is 0 Å². The summed E-state index contributed by atoms with van der Waals surface area (Å²) in [6.45, 7) is 7.18. The van der Waals surface area contributed by atoms with Crippen LogP contribution in [0.1, 0.15) is 52.9 Å². The fraction of sp³-hybridized carbons (Fsp3) is 0.867. The molecule has 2 amide bonds. The summed E-state index contributed by atoms with van der Waals surface area (Å²) < 4.78 is 4.84. The predicted molar refractivity (Wildman–Crippen MR) is 82.4 cm³/mol. The normalized spacial score (nSPS) is 12.8. The van der Waals surface area contributed by atoms with Gasteiger partial charge >= 0.3 is 12.0 Å². The molecule has 0 heterocycles. The van der Waals surface area contributed by atoms with Gasteiger partial charge in [-0.2, -0.15) is 0 Å². The van der Waals surface area contributed by atoms with Crippen molar-refractivity contribution in [3.8, 4) is 0 Å². The van der Waals surface area contributed by atoms with E-state index < -0.39 is 18.0 Å². The van der Waals surface area contributed by atoms with Gasteiger partial charge in [-0.05, 0) is 11.8 Å². The van der Waals surface area contributed by atoms with E-state index in [9.17, 15) is 9.59 Å². The topological polar surface area (TPSA) is 87.7 Å². The van der Waals surface area contributed by atoms with Crippen LogP contribution in [0.5, 0.6) is 0 Å². The van der Waals surface area contributed by atoms with E-state index in [1.165, 1.54) is 20.0 Å². The van der Waals surface area contributed by atoms with Gasteiger partial charge in [0.1, 0.15) is 6.04 Å². The fourth-order valence-electron chi connectivity index (χ4n) is 1.96. The van der Waals surface area contributed by atoms with Gasteiger partial charge in [-0.25, -0.2) is 9.59 Å². The first-order chi connectivity index (χ1) is 9.82. The van der Waals surface area contributed by atoms with Crippen LogP contribution < -0.4 is 10.6 Å². The van der Waals surface area contributed by atoms with Gasteiger partial charge < -0.3 is 20.5 Å². The highest BCUT2D eigenvalue weighted by atomic mass is 16.5. The molecule has 0 bridgehead atoms. The first kappa shape index (κ1) is 19.7. The molecule has 0 spiro atoms. The average molecular weight is 302 g/mol. The van der Waals surface area contributed by atoms with Crippen molar-refractivity contribution in [2.75, 3.05) is 20.3 Å². The number of methoxy groups -OCH3 is 1. The Balaban J connectivity index is 4.13. The Kier molecular flexibility index (Phi) is 9.78. The summed E-state index contributed by atoms with van der Waals surface area (Å²) in [5, 5.41) is 14.2. The first-order valence-corrected chi connectivity index (χ1v) is 7.58. The predicted octanol–water partition coefficient (Wildman–Crippen LogP) is 2.38. The van der Waals surface area contributed by atoms with Gasteiger partial charge in [0.05, 0.1) is 0 Å². The zero-order valence-electron chi connectivity index (χ0n) is 13.7. The SMILES string of the molecule is CCCCCC(C)(C)CNC(=O)NC(CCOC)C(=O)O. The molecule has 1 unspecified atom stereocenters. The van der Waals surface area contributed by atoms with E-state index in [0.29, 0.717) is 13.2 Å². The second-order valence-electron chi connectivity index (χ2n) is 6.12. The second-order valence-corrected chi connectivity index (χ2v) is 6.12. The third-order valence-corrected chi connectivity index (χ3v) is 3.40. The molecule has 6 nitrogen and oxygen atoms in total. The van der Waals surface area contributed by atoms with Crippen molar-refractivity contribution in [2.45, 2.75) is 58.9 Å². The molecule has 0 aromatic carbocycles. The van der Waals surface area contributed by atoms with Crippen LogP contribution in [0.4, 0.5) is 4.79 Å². The van der Waals surface area contributed by atoms with E-state index in [2.05, 4.69) is 31.4 Å². The molecule has 3 N–H and O–H groups in total. The molecule has 0 fully saturated rings. The summed E-state index contributed by atoms with van der Waals surface area (Å²) in [7, 11) is 1.50. The molecule has 0 aromatic heterocycles. The van der Waals surface area contributed by atoms with Gasteiger partial charge in [0.15, 0.2) is 0 Å². The zero-order chi connectivity index (χ0) is 16.3. The number of hydrogen-bond donors (Lipinski definition) is 3. The molecular weight excluding hydrogens is 272 g/mol. The van der Waals surface area contributed by atoms with Gasteiger partial charge in [-0.15, -0.1) is 0 Å². The van der Waals surface area contributed by atoms with Gasteiger partial charge in [0, 0.05) is 26.7 Å². The van der Waals surface area contributed by atoms with Crippen LogP contribution >= 0.6 is 0 Å². The Labute approximate surface area is 127 Å². The summed E-state index contributed by atoms with van der Waals surface area (Å²) in [5.74, 6) is -1.05. The molecule has 124 valence electrons. The van der Waals surface area contributed by atoms with Gasteiger partial charge in [0.2, 0.25) is 0 Å². The molecule has 0 aliphatic heterocycles. The minimum atomic E-state index is -1.05.